The van der Waals surface area contributed by atoms with Crippen LogP contribution >= 0.6 is 0 Å². The largest absolute Gasteiger partial charge is 0.480 e. The summed E-state index contributed by atoms with van der Waals surface area (Å²) in [5, 5.41) is 21.2. The van der Waals surface area contributed by atoms with Crippen LogP contribution in [-0.4, -0.2) is 51.6 Å². The minimum Gasteiger partial charge on any atom is -0.480 e. The van der Waals surface area contributed by atoms with Gasteiger partial charge in [-0.05, 0) is 18.2 Å². The number of carboxylic acids is 1. The third-order valence-electron chi connectivity index (χ3n) is 3.25. The van der Waals surface area contributed by atoms with Crippen molar-refractivity contribution < 1.29 is 24.6 Å². The van der Waals surface area contributed by atoms with Crippen molar-refractivity contribution in [3.05, 3.63) is 29.8 Å². The molecule has 1 unspecified atom stereocenters. The van der Waals surface area contributed by atoms with Crippen molar-refractivity contribution in [2.45, 2.75) is 25.5 Å². The van der Waals surface area contributed by atoms with Gasteiger partial charge in [0.15, 0.2) is 0 Å². The van der Waals surface area contributed by atoms with Crippen LogP contribution in [0.15, 0.2) is 24.3 Å². The highest BCUT2D eigenvalue weighted by atomic mass is 16.4. The zero-order valence-corrected chi connectivity index (χ0v) is 11.4. The van der Waals surface area contributed by atoms with Gasteiger partial charge in [-0.25, -0.2) is 4.79 Å². The van der Waals surface area contributed by atoms with Crippen LogP contribution in [-0.2, 0) is 9.59 Å². The summed E-state index contributed by atoms with van der Waals surface area (Å²) in [7, 11) is 0. The fraction of sp³-hybridized carbons (Fsp3) is 0.357. The Morgan fingerprint density at radius 1 is 1.33 bits per heavy atom. The summed E-state index contributed by atoms with van der Waals surface area (Å²) in [6.45, 7) is 1.34. The lowest BCUT2D eigenvalue weighted by Gasteiger charge is -2.21. The average molecular weight is 292 g/mol. The van der Waals surface area contributed by atoms with E-state index in [0.29, 0.717) is 5.69 Å². The minimum absolute atomic E-state index is 0.0137. The Kier molecular flexibility index (Phi) is 4.23. The average Bonchev–Trinajstić information content (AvgIpc) is 2.80. The molecular weight excluding hydrogens is 276 g/mol. The van der Waals surface area contributed by atoms with Crippen LogP contribution in [0.3, 0.4) is 0 Å². The van der Waals surface area contributed by atoms with Gasteiger partial charge < -0.3 is 20.4 Å². The maximum absolute atomic E-state index is 12.4. The molecule has 3 N–H and O–H groups in total. The Morgan fingerprint density at radius 2 is 2.05 bits per heavy atom. The van der Waals surface area contributed by atoms with Crippen LogP contribution in [0.1, 0.15) is 23.7 Å². The number of benzene rings is 1. The summed E-state index contributed by atoms with van der Waals surface area (Å²) < 4.78 is 0. The molecule has 2 amide bonds. The molecule has 1 saturated heterocycles. The molecule has 2 atom stereocenters. The molecule has 0 bridgehead atoms. The molecule has 0 radical (unpaired) electrons. The Morgan fingerprint density at radius 3 is 2.67 bits per heavy atom. The Bertz CT molecular complexity index is 586. The number of likely N-dealkylation sites (tertiary alicyclic amines) is 1. The third-order valence-corrected chi connectivity index (χ3v) is 3.25. The molecule has 1 fully saturated rings. The lowest BCUT2D eigenvalue weighted by Crippen LogP contribution is -2.40. The molecule has 7 heteroatoms. The van der Waals surface area contributed by atoms with E-state index in [0.717, 1.165) is 4.90 Å². The van der Waals surface area contributed by atoms with E-state index >= 15 is 0 Å². The second-order valence-electron chi connectivity index (χ2n) is 4.96. The maximum atomic E-state index is 12.4. The molecule has 112 valence electrons. The zero-order valence-electron chi connectivity index (χ0n) is 11.4. The van der Waals surface area contributed by atoms with Crippen molar-refractivity contribution in [2.24, 2.45) is 0 Å². The number of aliphatic hydroxyl groups is 1. The third kappa shape index (κ3) is 3.38. The number of amides is 2. The van der Waals surface area contributed by atoms with E-state index in [4.69, 9.17) is 5.11 Å². The summed E-state index contributed by atoms with van der Waals surface area (Å²) in [5.41, 5.74) is 0.724. The van der Waals surface area contributed by atoms with E-state index in [2.05, 4.69) is 5.32 Å². The number of hydrogen-bond donors (Lipinski definition) is 3. The van der Waals surface area contributed by atoms with Gasteiger partial charge in [0.25, 0.3) is 5.91 Å². The monoisotopic (exact) mass is 292 g/mol. The number of nitrogens with zero attached hydrogens (tertiary/aromatic N) is 1. The van der Waals surface area contributed by atoms with Gasteiger partial charge in [0.2, 0.25) is 5.91 Å². The van der Waals surface area contributed by atoms with Crippen molar-refractivity contribution in [3.8, 4) is 0 Å². The number of β-amino-alcohol motifs (C(OH)–C–C–N with tert-alkyl or cyclic N) is 1. The number of hydrogen-bond acceptors (Lipinski definition) is 4. The minimum atomic E-state index is -1.14. The van der Waals surface area contributed by atoms with E-state index in [-0.39, 0.29) is 24.4 Å². The summed E-state index contributed by atoms with van der Waals surface area (Å²) in [4.78, 5) is 35.7. The fourth-order valence-electron chi connectivity index (χ4n) is 2.37. The summed E-state index contributed by atoms with van der Waals surface area (Å²) in [5.74, 6) is -1.89. The van der Waals surface area contributed by atoms with Gasteiger partial charge in [0, 0.05) is 31.1 Å². The smallest absolute Gasteiger partial charge is 0.326 e. The SMILES string of the molecule is CC(=O)Nc1cccc(C(=O)N2CC(O)C[C@H]2C(=O)O)c1. The second kappa shape index (κ2) is 5.92. The van der Waals surface area contributed by atoms with Gasteiger partial charge in [0.05, 0.1) is 6.10 Å². The van der Waals surface area contributed by atoms with Crippen LogP contribution in [0.25, 0.3) is 0 Å². The van der Waals surface area contributed by atoms with Gasteiger partial charge in [0.1, 0.15) is 6.04 Å². The Labute approximate surface area is 121 Å². The number of anilines is 1. The first kappa shape index (κ1) is 15.0. The summed E-state index contributed by atoms with van der Waals surface area (Å²) in [6.07, 6.45) is -0.819. The standard InChI is InChI=1S/C14H16N2O5/c1-8(17)15-10-4-2-3-9(5-10)13(19)16-7-11(18)6-12(16)14(20)21/h2-5,11-12,18H,6-7H2,1H3,(H,15,17)(H,20,21)/t11?,12-/m0/s1. The predicted octanol–water partition coefficient (Wildman–Crippen LogP) is 0.305. The van der Waals surface area contributed by atoms with Gasteiger partial charge in [-0.2, -0.15) is 0 Å². The number of rotatable bonds is 3. The van der Waals surface area contributed by atoms with E-state index in [1.165, 1.54) is 19.1 Å². The summed E-state index contributed by atoms with van der Waals surface area (Å²) >= 11 is 0. The molecule has 21 heavy (non-hydrogen) atoms. The van der Waals surface area contributed by atoms with E-state index in [9.17, 15) is 19.5 Å². The molecule has 0 aromatic heterocycles. The lowest BCUT2D eigenvalue weighted by atomic mass is 10.1. The Hall–Kier alpha value is -2.41. The number of aliphatic hydroxyl groups excluding tert-OH is 1. The van der Waals surface area contributed by atoms with Crippen molar-refractivity contribution in [3.63, 3.8) is 0 Å². The van der Waals surface area contributed by atoms with Gasteiger partial charge in [-0.1, -0.05) is 6.07 Å². The quantitative estimate of drug-likeness (QED) is 0.743. The molecular formula is C14H16N2O5. The van der Waals surface area contributed by atoms with Crippen LogP contribution in [0.2, 0.25) is 0 Å². The number of carboxylic acid groups (broad SMARTS) is 1. The van der Waals surface area contributed by atoms with Crippen LogP contribution < -0.4 is 5.32 Å². The molecule has 2 rings (SSSR count). The molecule has 7 nitrogen and oxygen atoms in total. The second-order valence-corrected chi connectivity index (χ2v) is 4.96. The predicted molar refractivity (Wildman–Crippen MR) is 73.8 cm³/mol. The van der Waals surface area contributed by atoms with Gasteiger partial charge in [-0.15, -0.1) is 0 Å². The Balaban J connectivity index is 2.23. The molecule has 0 saturated carbocycles. The molecule has 0 spiro atoms. The molecule has 1 aromatic rings. The number of nitrogens with one attached hydrogen (secondary N) is 1. The van der Waals surface area contributed by atoms with Crippen LogP contribution in [0.4, 0.5) is 5.69 Å². The van der Waals surface area contributed by atoms with E-state index < -0.39 is 24.0 Å². The highest BCUT2D eigenvalue weighted by molar-refractivity contribution is 5.98. The number of carbonyl (C=O) groups is 3. The maximum Gasteiger partial charge on any atom is 0.326 e. The topological polar surface area (TPSA) is 107 Å². The number of aliphatic carboxylic acids is 1. The zero-order chi connectivity index (χ0) is 15.6. The normalized spacial score (nSPS) is 21.1. The van der Waals surface area contributed by atoms with Crippen molar-refractivity contribution in [1.29, 1.82) is 0 Å². The summed E-state index contributed by atoms with van der Waals surface area (Å²) in [6, 6.07) is 5.22. The van der Waals surface area contributed by atoms with Gasteiger partial charge >= 0.3 is 5.97 Å². The van der Waals surface area contributed by atoms with Crippen LogP contribution in [0, 0.1) is 0 Å². The molecule has 1 aliphatic heterocycles. The molecule has 1 aromatic carbocycles. The number of carbonyl (C=O) groups excluding carboxylic acids is 2. The molecule has 0 aliphatic carbocycles. The van der Waals surface area contributed by atoms with E-state index in [1.54, 1.807) is 12.1 Å². The first-order valence-electron chi connectivity index (χ1n) is 6.48. The van der Waals surface area contributed by atoms with Crippen molar-refractivity contribution in [1.82, 2.24) is 4.90 Å². The van der Waals surface area contributed by atoms with Crippen molar-refractivity contribution >= 4 is 23.5 Å². The first-order valence-corrected chi connectivity index (χ1v) is 6.48. The lowest BCUT2D eigenvalue weighted by molar-refractivity contribution is -0.141. The van der Waals surface area contributed by atoms with Crippen molar-refractivity contribution in [2.75, 3.05) is 11.9 Å². The van der Waals surface area contributed by atoms with E-state index in [1.807, 2.05) is 0 Å². The molecule has 1 aliphatic rings. The van der Waals surface area contributed by atoms with Crippen LogP contribution in [0.5, 0.6) is 0 Å². The molecule has 1 heterocycles. The fourth-order valence-corrected chi connectivity index (χ4v) is 2.37. The highest BCUT2D eigenvalue weighted by Gasteiger charge is 2.39. The highest BCUT2D eigenvalue weighted by Crippen LogP contribution is 2.22. The first-order chi connectivity index (χ1) is 9.88. The van der Waals surface area contributed by atoms with Gasteiger partial charge in [-0.3, -0.25) is 9.59 Å².